The molecule has 3 amide bonds. The molecule has 0 atom stereocenters. The zero-order chi connectivity index (χ0) is 19.6. The molecule has 0 radical (unpaired) electrons. The van der Waals surface area contributed by atoms with Crippen molar-refractivity contribution in [2.24, 2.45) is 10.5 Å². The van der Waals surface area contributed by atoms with Crippen molar-refractivity contribution in [3.8, 4) is 0 Å². The van der Waals surface area contributed by atoms with E-state index in [-0.39, 0.29) is 5.91 Å². The van der Waals surface area contributed by atoms with Crippen LogP contribution in [0.3, 0.4) is 0 Å². The van der Waals surface area contributed by atoms with Gasteiger partial charge in [0.05, 0.1) is 16.4 Å². The number of carbonyl (C=O) groups excluding carboxylic acids is 2. The number of rotatable bonds is 3. The summed E-state index contributed by atoms with van der Waals surface area (Å²) in [6, 6.07) is 11.6. The molecule has 0 bridgehead atoms. The molecule has 8 heteroatoms. The Bertz CT molecular complexity index is 941. The molecule has 1 heterocycles. The van der Waals surface area contributed by atoms with Crippen LogP contribution in [0.4, 0.5) is 16.2 Å². The topological polar surface area (TPSA) is 82.6 Å². The normalized spacial score (nSPS) is 15.6. The van der Waals surface area contributed by atoms with Gasteiger partial charge >= 0.3 is 6.03 Å². The molecule has 3 N–H and O–H groups in total. The summed E-state index contributed by atoms with van der Waals surface area (Å²) in [5, 5.41) is 10.5. The Labute approximate surface area is 166 Å². The molecule has 0 unspecified atom stereocenters. The maximum Gasteiger partial charge on any atom is 0.323 e. The van der Waals surface area contributed by atoms with Crippen LogP contribution in [-0.4, -0.2) is 17.6 Å². The summed E-state index contributed by atoms with van der Waals surface area (Å²) >= 11 is 12.0. The molecule has 0 aliphatic carbocycles. The second kappa shape index (κ2) is 7.58. The van der Waals surface area contributed by atoms with Crippen LogP contribution in [0.5, 0.6) is 0 Å². The summed E-state index contributed by atoms with van der Waals surface area (Å²) in [6.07, 6.45) is 0.344. The van der Waals surface area contributed by atoms with Crippen LogP contribution in [0.15, 0.2) is 47.6 Å². The van der Waals surface area contributed by atoms with Crippen LogP contribution in [0.2, 0.25) is 10.0 Å². The van der Waals surface area contributed by atoms with Gasteiger partial charge in [-0.05, 0) is 30.3 Å². The lowest BCUT2D eigenvalue weighted by molar-refractivity contribution is -0.122. The monoisotopic (exact) mass is 404 g/mol. The number of urea groups is 1. The molecule has 1 aliphatic rings. The van der Waals surface area contributed by atoms with Crippen molar-refractivity contribution in [3.05, 3.63) is 58.1 Å². The first-order valence-electron chi connectivity index (χ1n) is 8.25. The third kappa shape index (κ3) is 4.59. The summed E-state index contributed by atoms with van der Waals surface area (Å²) < 4.78 is 0. The number of hydrogen-bond acceptors (Lipinski definition) is 3. The number of carbonyl (C=O) groups is 2. The number of amides is 3. The van der Waals surface area contributed by atoms with Crippen molar-refractivity contribution in [2.45, 2.75) is 20.3 Å². The molecule has 2 aromatic carbocycles. The Morgan fingerprint density at radius 2 is 1.93 bits per heavy atom. The van der Waals surface area contributed by atoms with Gasteiger partial charge in [-0.25, -0.2) is 10.2 Å². The molecular weight excluding hydrogens is 387 g/mol. The second-order valence-corrected chi connectivity index (χ2v) is 7.68. The van der Waals surface area contributed by atoms with Crippen molar-refractivity contribution < 1.29 is 9.59 Å². The zero-order valence-corrected chi connectivity index (χ0v) is 16.3. The number of benzene rings is 2. The van der Waals surface area contributed by atoms with E-state index in [9.17, 15) is 9.59 Å². The first-order valence-corrected chi connectivity index (χ1v) is 9.01. The van der Waals surface area contributed by atoms with E-state index in [4.69, 9.17) is 23.2 Å². The lowest BCUT2D eigenvalue weighted by atomic mass is 9.79. The van der Waals surface area contributed by atoms with Crippen LogP contribution in [0.25, 0.3) is 0 Å². The van der Waals surface area contributed by atoms with E-state index in [0.717, 1.165) is 11.3 Å². The SMILES string of the molecule is CC1(C)CC(=O)NN=C1c1cccc(NC(=O)Nc2cc(Cl)ccc2Cl)c1. The number of nitrogens with zero attached hydrogens (tertiary/aromatic N) is 1. The summed E-state index contributed by atoms with van der Waals surface area (Å²) in [5.74, 6) is -0.115. The summed E-state index contributed by atoms with van der Waals surface area (Å²) in [5.41, 5.74) is 4.68. The summed E-state index contributed by atoms with van der Waals surface area (Å²) in [7, 11) is 0. The fourth-order valence-corrected chi connectivity index (χ4v) is 3.21. The molecule has 1 aliphatic heterocycles. The minimum absolute atomic E-state index is 0.115. The predicted molar refractivity (Wildman–Crippen MR) is 109 cm³/mol. The van der Waals surface area contributed by atoms with Crippen LogP contribution in [0.1, 0.15) is 25.8 Å². The Balaban J connectivity index is 1.77. The maximum atomic E-state index is 12.3. The molecule has 0 fully saturated rings. The first kappa shape index (κ1) is 19.2. The molecule has 140 valence electrons. The molecule has 6 nitrogen and oxygen atoms in total. The average Bonchev–Trinajstić information content (AvgIpc) is 2.57. The minimum Gasteiger partial charge on any atom is -0.308 e. The van der Waals surface area contributed by atoms with Gasteiger partial charge in [-0.1, -0.05) is 49.2 Å². The van der Waals surface area contributed by atoms with E-state index < -0.39 is 11.4 Å². The highest BCUT2D eigenvalue weighted by atomic mass is 35.5. The van der Waals surface area contributed by atoms with Gasteiger partial charge in [0.15, 0.2) is 0 Å². The molecular formula is C19H18Cl2N4O2. The second-order valence-electron chi connectivity index (χ2n) is 6.84. The number of hydrazone groups is 1. The Morgan fingerprint density at radius 3 is 2.67 bits per heavy atom. The summed E-state index contributed by atoms with van der Waals surface area (Å²) in [4.78, 5) is 23.9. The van der Waals surface area contributed by atoms with Crippen molar-refractivity contribution >= 4 is 52.2 Å². The fraction of sp³-hybridized carbons (Fsp3) is 0.211. The van der Waals surface area contributed by atoms with Crippen molar-refractivity contribution in [1.82, 2.24) is 5.43 Å². The fourth-order valence-electron chi connectivity index (χ4n) is 2.87. The number of hydrogen-bond donors (Lipinski definition) is 3. The van der Waals surface area contributed by atoms with Crippen LogP contribution in [0, 0.1) is 5.41 Å². The average molecular weight is 405 g/mol. The van der Waals surface area contributed by atoms with Crippen molar-refractivity contribution in [2.75, 3.05) is 10.6 Å². The highest BCUT2D eigenvalue weighted by molar-refractivity contribution is 6.35. The molecule has 3 rings (SSSR count). The van der Waals surface area contributed by atoms with Gasteiger partial charge in [0.25, 0.3) is 0 Å². The van der Waals surface area contributed by atoms with Crippen LogP contribution >= 0.6 is 23.2 Å². The van der Waals surface area contributed by atoms with E-state index in [1.807, 2.05) is 26.0 Å². The maximum absolute atomic E-state index is 12.3. The van der Waals surface area contributed by atoms with Gasteiger partial charge < -0.3 is 10.6 Å². The van der Waals surface area contributed by atoms with Gasteiger partial charge in [0.2, 0.25) is 5.91 Å². The lowest BCUT2D eigenvalue weighted by Crippen LogP contribution is -2.39. The minimum atomic E-state index is -0.450. The van der Waals surface area contributed by atoms with Crippen LogP contribution < -0.4 is 16.1 Å². The molecule has 0 saturated carbocycles. The Kier molecular flexibility index (Phi) is 5.39. The standard InChI is InChI=1S/C19H18Cl2N4O2/c1-19(2)10-16(26)24-25-17(19)11-4-3-5-13(8-11)22-18(27)23-15-9-12(20)6-7-14(15)21/h3-9H,10H2,1-2H3,(H,24,26)(H2,22,23,27). The van der Waals surface area contributed by atoms with Crippen LogP contribution in [-0.2, 0) is 4.79 Å². The van der Waals surface area contributed by atoms with E-state index in [2.05, 4.69) is 21.2 Å². The molecule has 0 saturated heterocycles. The van der Waals surface area contributed by atoms with Gasteiger partial charge in [-0.15, -0.1) is 0 Å². The third-order valence-corrected chi connectivity index (χ3v) is 4.67. The highest BCUT2D eigenvalue weighted by Gasteiger charge is 2.33. The van der Waals surface area contributed by atoms with Crippen molar-refractivity contribution in [3.63, 3.8) is 0 Å². The molecule has 2 aromatic rings. The van der Waals surface area contributed by atoms with Gasteiger partial charge in [0, 0.05) is 28.1 Å². The number of halogens is 2. The van der Waals surface area contributed by atoms with E-state index in [0.29, 0.717) is 27.8 Å². The predicted octanol–water partition coefficient (Wildman–Crippen LogP) is 4.89. The molecule has 0 aromatic heterocycles. The number of nitrogens with one attached hydrogen (secondary N) is 3. The Hall–Kier alpha value is -2.57. The van der Waals surface area contributed by atoms with E-state index in [1.165, 1.54) is 0 Å². The zero-order valence-electron chi connectivity index (χ0n) is 14.8. The van der Waals surface area contributed by atoms with Gasteiger partial charge in [-0.2, -0.15) is 5.10 Å². The molecule has 27 heavy (non-hydrogen) atoms. The van der Waals surface area contributed by atoms with Gasteiger partial charge in [0.1, 0.15) is 0 Å². The largest absolute Gasteiger partial charge is 0.323 e. The molecule has 0 spiro atoms. The van der Waals surface area contributed by atoms with Crippen molar-refractivity contribution in [1.29, 1.82) is 0 Å². The Morgan fingerprint density at radius 1 is 1.15 bits per heavy atom. The highest BCUT2D eigenvalue weighted by Crippen LogP contribution is 2.30. The lowest BCUT2D eigenvalue weighted by Gasteiger charge is -2.29. The van der Waals surface area contributed by atoms with E-state index in [1.54, 1.807) is 30.3 Å². The number of anilines is 2. The van der Waals surface area contributed by atoms with Gasteiger partial charge in [-0.3, -0.25) is 4.79 Å². The smallest absolute Gasteiger partial charge is 0.308 e. The quantitative estimate of drug-likeness (QED) is 0.680. The summed E-state index contributed by atoms with van der Waals surface area (Å²) in [6.45, 7) is 3.91. The third-order valence-electron chi connectivity index (χ3n) is 4.11. The first-order chi connectivity index (χ1) is 12.7. The van der Waals surface area contributed by atoms with E-state index >= 15 is 0 Å².